The van der Waals surface area contributed by atoms with Crippen LogP contribution >= 0.6 is 0 Å². The highest BCUT2D eigenvalue weighted by atomic mass is 16.5. The lowest BCUT2D eigenvalue weighted by molar-refractivity contribution is -0.126. The number of carbonyl (C=O) groups excluding carboxylic acids is 1. The van der Waals surface area contributed by atoms with Gasteiger partial charge >= 0.3 is 0 Å². The summed E-state index contributed by atoms with van der Waals surface area (Å²) in [6.07, 6.45) is 0.697. The molecule has 1 atom stereocenters. The van der Waals surface area contributed by atoms with Crippen LogP contribution in [0, 0.1) is 0 Å². The van der Waals surface area contributed by atoms with Gasteiger partial charge in [0.15, 0.2) is 0 Å². The fourth-order valence-corrected chi connectivity index (χ4v) is 2.46. The van der Waals surface area contributed by atoms with E-state index in [1.54, 1.807) is 7.11 Å². The molecule has 1 aliphatic heterocycles. The molecule has 0 radical (unpaired) electrons. The van der Waals surface area contributed by atoms with Gasteiger partial charge in [0.25, 0.3) is 0 Å². The summed E-state index contributed by atoms with van der Waals surface area (Å²) >= 11 is 0. The van der Waals surface area contributed by atoms with Crippen molar-refractivity contribution in [3.8, 4) is 11.5 Å². The lowest BCUT2D eigenvalue weighted by atomic mass is 9.89. The first-order chi connectivity index (χ1) is 9.45. The summed E-state index contributed by atoms with van der Waals surface area (Å²) in [5, 5.41) is 2.98. The highest BCUT2D eigenvalue weighted by Crippen LogP contribution is 2.41. The van der Waals surface area contributed by atoms with Crippen molar-refractivity contribution in [3.63, 3.8) is 0 Å². The molecule has 1 aromatic rings. The van der Waals surface area contributed by atoms with Crippen molar-refractivity contribution < 1.29 is 19.0 Å². The molecule has 0 aromatic heterocycles. The van der Waals surface area contributed by atoms with E-state index in [1.165, 1.54) is 7.11 Å². The van der Waals surface area contributed by atoms with Gasteiger partial charge in [0.05, 0.1) is 13.2 Å². The Balaban J connectivity index is 2.29. The van der Waals surface area contributed by atoms with Crippen LogP contribution in [0.4, 0.5) is 0 Å². The van der Waals surface area contributed by atoms with Crippen molar-refractivity contribution in [2.45, 2.75) is 31.9 Å². The van der Waals surface area contributed by atoms with Gasteiger partial charge in [0.1, 0.15) is 23.7 Å². The van der Waals surface area contributed by atoms with Crippen molar-refractivity contribution in [2.24, 2.45) is 0 Å². The second-order valence-corrected chi connectivity index (χ2v) is 5.52. The molecule has 1 amide bonds. The molecule has 5 nitrogen and oxygen atoms in total. The van der Waals surface area contributed by atoms with Crippen LogP contribution in [0.1, 0.15) is 31.9 Å². The monoisotopic (exact) mass is 279 g/mol. The molecule has 110 valence electrons. The number of fused-ring (bicyclic) bond motifs is 1. The largest absolute Gasteiger partial charge is 0.497 e. The van der Waals surface area contributed by atoms with Crippen LogP contribution in [0.5, 0.6) is 11.5 Å². The number of nitrogens with one attached hydrogen (secondary N) is 1. The maximum Gasteiger partial charge on any atom is 0.246 e. The van der Waals surface area contributed by atoms with Crippen LogP contribution in [-0.2, 0) is 9.53 Å². The number of hydrogen-bond donors (Lipinski definition) is 1. The summed E-state index contributed by atoms with van der Waals surface area (Å²) in [5.74, 6) is 1.40. The quantitative estimate of drug-likeness (QED) is 0.916. The Bertz CT molecular complexity index is 499. The number of rotatable bonds is 4. The summed E-state index contributed by atoms with van der Waals surface area (Å²) in [6, 6.07) is 5.53. The number of methoxy groups -OCH3 is 2. The zero-order valence-corrected chi connectivity index (χ0v) is 12.4. The van der Waals surface area contributed by atoms with Gasteiger partial charge in [-0.25, -0.2) is 0 Å². The van der Waals surface area contributed by atoms with Gasteiger partial charge in [-0.3, -0.25) is 4.79 Å². The standard InChI is InChI=1S/C15H21NO4/c1-15(2)8-12(16-14(17)9-18-3)11-7-10(19-4)5-6-13(11)20-15/h5-7,12H,8-9H2,1-4H3,(H,16,17). The second-order valence-electron chi connectivity index (χ2n) is 5.52. The van der Waals surface area contributed by atoms with Gasteiger partial charge < -0.3 is 19.5 Å². The first kappa shape index (κ1) is 14.7. The number of ether oxygens (including phenoxy) is 3. The molecule has 1 aliphatic rings. The van der Waals surface area contributed by atoms with Crippen LogP contribution in [-0.4, -0.2) is 32.3 Å². The van der Waals surface area contributed by atoms with Gasteiger partial charge in [-0.2, -0.15) is 0 Å². The molecule has 1 heterocycles. The van der Waals surface area contributed by atoms with Gasteiger partial charge in [-0.15, -0.1) is 0 Å². The van der Waals surface area contributed by atoms with Crippen molar-refractivity contribution in [3.05, 3.63) is 23.8 Å². The van der Waals surface area contributed by atoms with E-state index >= 15 is 0 Å². The molecule has 0 fully saturated rings. The fourth-order valence-electron chi connectivity index (χ4n) is 2.46. The van der Waals surface area contributed by atoms with E-state index in [1.807, 2.05) is 32.0 Å². The van der Waals surface area contributed by atoms with E-state index in [0.717, 1.165) is 17.1 Å². The molecule has 0 saturated heterocycles. The van der Waals surface area contributed by atoms with Crippen LogP contribution in [0.2, 0.25) is 0 Å². The van der Waals surface area contributed by atoms with E-state index in [-0.39, 0.29) is 24.2 Å². The lowest BCUT2D eigenvalue weighted by Crippen LogP contribution is -2.42. The number of amides is 1. The van der Waals surface area contributed by atoms with Crippen molar-refractivity contribution in [1.82, 2.24) is 5.32 Å². The van der Waals surface area contributed by atoms with Crippen LogP contribution in [0.3, 0.4) is 0 Å². The highest BCUT2D eigenvalue weighted by Gasteiger charge is 2.34. The average molecular weight is 279 g/mol. The molecule has 1 unspecified atom stereocenters. The third kappa shape index (κ3) is 3.22. The molecule has 20 heavy (non-hydrogen) atoms. The Kier molecular flexibility index (Phi) is 4.18. The van der Waals surface area contributed by atoms with Crippen molar-refractivity contribution in [1.29, 1.82) is 0 Å². The Morgan fingerprint density at radius 1 is 1.45 bits per heavy atom. The fraction of sp³-hybridized carbons (Fsp3) is 0.533. The molecule has 1 aromatic carbocycles. The van der Waals surface area contributed by atoms with Crippen molar-refractivity contribution >= 4 is 5.91 Å². The van der Waals surface area contributed by atoms with Crippen LogP contribution < -0.4 is 14.8 Å². The van der Waals surface area contributed by atoms with Gasteiger partial charge in [-0.1, -0.05) is 0 Å². The topological polar surface area (TPSA) is 56.8 Å². The Morgan fingerprint density at radius 2 is 2.20 bits per heavy atom. The van der Waals surface area contributed by atoms with Crippen LogP contribution in [0.15, 0.2) is 18.2 Å². The minimum Gasteiger partial charge on any atom is -0.497 e. The van der Waals surface area contributed by atoms with Gasteiger partial charge in [-0.05, 0) is 32.0 Å². The lowest BCUT2D eigenvalue weighted by Gasteiger charge is -2.38. The minimum absolute atomic E-state index is 0.0527. The van der Waals surface area contributed by atoms with E-state index in [4.69, 9.17) is 14.2 Å². The smallest absolute Gasteiger partial charge is 0.246 e. The van der Waals surface area contributed by atoms with Gasteiger partial charge in [0, 0.05) is 19.1 Å². The summed E-state index contributed by atoms with van der Waals surface area (Å²) < 4.78 is 16.1. The predicted octanol–water partition coefficient (Wildman–Crippen LogP) is 2.06. The summed E-state index contributed by atoms with van der Waals surface area (Å²) in [7, 11) is 3.12. The first-order valence-corrected chi connectivity index (χ1v) is 6.60. The first-order valence-electron chi connectivity index (χ1n) is 6.60. The number of hydrogen-bond acceptors (Lipinski definition) is 4. The molecule has 0 bridgehead atoms. The summed E-state index contributed by atoms with van der Waals surface area (Å²) in [6.45, 7) is 4.07. The highest BCUT2D eigenvalue weighted by molar-refractivity contribution is 5.78. The third-order valence-electron chi connectivity index (χ3n) is 3.28. The Hall–Kier alpha value is -1.75. The predicted molar refractivity (Wildman–Crippen MR) is 75.1 cm³/mol. The minimum atomic E-state index is -0.327. The Labute approximate surface area is 119 Å². The molecule has 0 aliphatic carbocycles. The third-order valence-corrected chi connectivity index (χ3v) is 3.28. The molecule has 5 heteroatoms. The Morgan fingerprint density at radius 3 is 2.85 bits per heavy atom. The van der Waals surface area contributed by atoms with Crippen LogP contribution in [0.25, 0.3) is 0 Å². The summed E-state index contributed by atoms with van der Waals surface area (Å²) in [4.78, 5) is 11.8. The van der Waals surface area contributed by atoms with E-state index in [2.05, 4.69) is 5.32 Å². The normalized spacial score (nSPS) is 19.7. The average Bonchev–Trinajstić information content (AvgIpc) is 2.37. The SMILES string of the molecule is COCC(=O)NC1CC(C)(C)Oc2ccc(OC)cc21. The molecule has 2 rings (SSSR count). The van der Waals surface area contributed by atoms with E-state index < -0.39 is 0 Å². The maximum absolute atomic E-state index is 11.8. The zero-order chi connectivity index (χ0) is 14.8. The zero-order valence-electron chi connectivity index (χ0n) is 12.4. The molecular weight excluding hydrogens is 258 g/mol. The molecule has 1 N–H and O–H groups in total. The number of benzene rings is 1. The van der Waals surface area contributed by atoms with Crippen molar-refractivity contribution in [2.75, 3.05) is 20.8 Å². The maximum atomic E-state index is 11.8. The van der Waals surface area contributed by atoms with Gasteiger partial charge in [0.2, 0.25) is 5.91 Å². The molecular formula is C15H21NO4. The molecule has 0 saturated carbocycles. The second kappa shape index (κ2) is 5.71. The summed E-state index contributed by atoms with van der Waals surface area (Å²) in [5.41, 5.74) is 0.611. The van der Waals surface area contributed by atoms with E-state index in [9.17, 15) is 4.79 Å². The number of carbonyl (C=O) groups is 1. The van der Waals surface area contributed by atoms with E-state index in [0.29, 0.717) is 6.42 Å². The molecule has 0 spiro atoms.